The van der Waals surface area contributed by atoms with Crippen LogP contribution in [0.15, 0.2) is 18.2 Å². The predicted octanol–water partition coefficient (Wildman–Crippen LogP) is 6.06. The zero-order valence-corrected chi connectivity index (χ0v) is 28.3. The number of fused-ring (bicyclic) bond motifs is 6. The Morgan fingerprint density at radius 1 is 0.364 bits per heavy atom. The van der Waals surface area contributed by atoms with E-state index in [1.54, 1.807) is 62.9 Å². The largest absolute Gasteiger partial charge is 0.124 e. The van der Waals surface area contributed by atoms with Crippen LogP contribution < -0.4 is 29.5 Å². The molecule has 4 rings (SSSR count). The molecular formula is C27H39P3Si3. The van der Waals surface area contributed by atoms with Crippen LogP contribution in [0.3, 0.4) is 0 Å². The molecule has 0 N–H and O–H groups in total. The van der Waals surface area contributed by atoms with Crippen molar-refractivity contribution in [2.75, 3.05) is 0 Å². The fourth-order valence-corrected chi connectivity index (χ4v) is 28.1. The fraction of sp³-hybridized carbons (Fsp3) is 0.444. The Balaban J connectivity index is 2.26. The first kappa shape index (κ1) is 25.7. The van der Waals surface area contributed by atoms with Crippen molar-refractivity contribution in [3.63, 3.8) is 0 Å². The van der Waals surface area contributed by atoms with Gasteiger partial charge in [-0.1, -0.05) is 82.1 Å². The van der Waals surface area contributed by atoms with E-state index < -0.39 is 24.2 Å². The Morgan fingerprint density at radius 2 is 0.515 bits per heavy atom. The fourth-order valence-electron chi connectivity index (χ4n) is 6.38. The summed E-state index contributed by atoms with van der Waals surface area (Å²) in [5, 5.41) is 0. The molecule has 3 aromatic rings. The minimum atomic E-state index is -1.78. The van der Waals surface area contributed by atoms with Gasteiger partial charge >= 0.3 is 0 Å². The SMILES string of the molecule is Cc1cc(C)c2pc1[Si](C)(C)c1pc(c(C)cc1C)[Si](C)(C)c1pc(c(C)cc1C)[Si]2(C)C. The highest BCUT2D eigenvalue weighted by atomic mass is 31.0. The van der Waals surface area contributed by atoms with E-state index in [-0.39, 0.29) is 0 Å². The van der Waals surface area contributed by atoms with Gasteiger partial charge in [-0.15, -0.1) is 0 Å². The van der Waals surface area contributed by atoms with E-state index in [1.165, 1.54) is 24.6 Å². The average Bonchev–Trinajstić information content (AvgIpc) is 2.65. The minimum absolute atomic E-state index is 1.54. The van der Waals surface area contributed by atoms with E-state index in [9.17, 15) is 0 Å². The van der Waals surface area contributed by atoms with Gasteiger partial charge in [0, 0.05) is 0 Å². The Morgan fingerprint density at radius 3 is 0.667 bits per heavy atom. The van der Waals surface area contributed by atoms with Crippen LogP contribution in [-0.2, 0) is 0 Å². The van der Waals surface area contributed by atoms with Crippen LogP contribution >= 0.6 is 24.6 Å². The summed E-state index contributed by atoms with van der Waals surface area (Å²) in [6.07, 6.45) is 0. The second kappa shape index (κ2) is 8.33. The summed E-state index contributed by atoms with van der Waals surface area (Å²) in [5.74, 6) is 0. The first-order valence-corrected chi connectivity index (χ1v) is 23.8. The van der Waals surface area contributed by atoms with Crippen molar-refractivity contribution in [3.8, 4) is 0 Å². The third-order valence-corrected chi connectivity index (χ3v) is 32.8. The molecule has 0 saturated heterocycles. The van der Waals surface area contributed by atoms with Crippen molar-refractivity contribution >= 4 is 78.3 Å². The van der Waals surface area contributed by atoms with Crippen molar-refractivity contribution in [1.82, 2.24) is 0 Å². The first-order chi connectivity index (χ1) is 15.1. The number of rotatable bonds is 0. The maximum absolute atomic E-state index is 2.64. The van der Waals surface area contributed by atoms with E-state index >= 15 is 0 Å². The van der Waals surface area contributed by atoms with Crippen LogP contribution in [0.4, 0.5) is 0 Å². The summed E-state index contributed by atoms with van der Waals surface area (Å²) in [4.78, 5) is 10.6. The lowest BCUT2D eigenvalue weighted by Crippen LogP contribution is -2.60. The lowest BCUT2D eigenvalue weighted by Gasteiger charge is -2.36. The third-order valence-electron chi connectivity index (χ3n) is 7.76. The highest BCUT2D eigenvalue weighted by Gasteiger charge is 2.40. The molecule has 174 valence electrons. The molecule has 1 aliphatic rings. The Labute approximate surface area is 210 Å². The van der Waals surface area contributed by atoms with E-state index in [2.05, 4.69) is 99.0 Å². The van der Waals surface area contributed by atoms with E-state index in [0.29, 0.717) is 0 Å². The highest BCUT2D eigenvalue weighted by molar-refractivity contribution is 7.61. The summed E-state index contributed by atoms with van der Waals surface area (Å²) in [7, 11) is -0.726. The van der Waals surface area contributed by atoms with Gasteiger partial charge in [-0.25, -0.2) is 0 Å². The van der Waals surface area contributed by atoms with E-state index in [1.807, 2.05) is 0 Å². The molecule has 0 nitrogen and oxygen atoms in total. The highest BCUT2D eigenvalue weighted by Crippen LogP contribution is 2.29. The average molecular weight is 541 g/mol. The maximum Gasteiger partial charge on any atom is 0.124 e. The maximum atomic E-state index is 2.64. The van der Waals surface area contributed by atoms with E-state index in [0.717, 1.165) is 0 Å². The molecular weight excluding hydrogens is 501 g/mol. The Hall–Kier alpha value is -0.399. The molecule has 1 aliphatic heterocycles. The molecule has 0 aliphatic carbocycles. The molecule has 33 heavy (non-hydrogen) atoms. The Bertz CT molecular complexity index is 1060. The molecule has 0 saturated carbocycles. The smallest absolute Gasteiger partial charge is 0.0770 e. The molecule has 0 amide bonds. The second-order valence-corrected chi connectivity index (χ2v) is 30.5. The third kappa shape index (κ3) is 3.96. The van der Waals surface area contributed by atoms with Gasteiger partial charge in [0.25, 0.3) is 0 Å². The lowest BCUT2D eigenvalue weighted by atomic mass is 10.3. The normalized spacial score (nSPS) is 18.5. The predicted molar refractivity (Wildman–Crippen MR) is 166 cm³/mol. The first-order valence-electron chi connectivity index (χ1n) is 12.1. The van der Waals surface area contributed by atoms with Crippen LogP contribution in [0.25, 0.3) is 0 Å². The summed E-state index contributed by atoms with van der Waals surface area (Å²) < 4.78 is 0. The molecule has 0 unspecified atom stereocenters. The van der Waals surface area contributed by atoms with Gasteiger partial charge in [0.15, 0.2) is 0 Å². The summed E-state index contributed by atoms with van der Waals surface area (Å²) in [6, 6.07) is 7.62. The molecule has 0 radical (unpaired) electrons. The molecule has 6 bridgehead atoms. The van der Waals surface area contributed by atoms with Gasteiger partial charge in [-0.2, -0.15) is 0 Å². The minimum Gasteiger partial charge on any atom is -0.0770 e. The molecule has 0 fully saturated rings. The van der Waals surface area contributed by atoms with Gasteiger partial charge in [0.05, 0.1) is 0 Å². The Kier molecular flexibility index (Phi) is 6.48. The van der Waals surface area contributed by atoms with Crippen molar-refractivity contribution in [3.05, 3.63) is 51.6 Å². The topological polar surface area (TPSA) is 0 Å². The number of hydrogen-bond acceptors (Lipinski definition) is 0. The number of aryl methyl sites for hydroxylation is 6. The van der Waals surface area contributed by atoms with Crippen molar-refractivity contribution < 1.29 is 0 Å². The quantitative estimate of drug-likeness (QED) is 0.304. The van der Waals surface area contributed by atoms with Crippen LogP contribution in [-0.4, -0.2) is 24.2 Å². The van der Waals surface area contributed by atoms with Crippen molar-refractivity contribution in [2.24, 2.45) is 0 Å². The van der Waals surface area contributed by atoms with E-state index in [4.69, 9.17) is 0 Å². The van der Waals surface area contributed by atoms with Crippen LogP contribution in [0.2, 0.25) is 39.3 Å². The molecule has 6 heteroatoms. The van der Waals surface area contributed by atoms with Crippen molar-refractivity contribution in [2.45, 2.75) is 80.8 Å². The van der Waals surface area contributed by atoms with Crippen molar-refractivity contribution in [1.29, 1.82) is 0 Å². The summed E-state index contributed by atoms with van der Waals surface area (Å²) >= 11 is 0. The molecule has 0 spiro atoms. The van der Waals surface area contributed by atoms with Gasteiger partial charge in [-0.05, 0) is 104 Å². The van der Waals surface area contributed by atoms with Gasteiger partial charge in [-0.3, -0.25) is 0 Å². The molecule has 0 atom stereocenters. The van der Waals surface area contributed by atoms with Crippen LogP contribution in [0.5, 0.6) is 0 Å². The van der Waals surface area contributed by atoms with Gasteiger partial charge < -0.3 is 0 Å². The van der Waals surface area contributed by atoms with Gasteiger partial charge in [0.2, 0.25) is 0 Å². The standard InChI is InChI=1S/C27H39P3Si3/c1-16-13-17(2)23-28-22(16)31(7,8)24-18(3)14-19(4)25(29-24)33(11,12)27-21(6)15-20(5)26(30-27)32(23,9)10/h13-15H,1-12H3. The van der Waals surface area contributed by atoms with Gasteiger partial charge in [0.1, 0.15) is 24.2 Å². The summed E-state index contributed by atoms with van der Waals surface area (Å²) in [6.45, 7) is 30.2. The molecule has 4 heterocycles. The number of hydrogen-bond donors (Lipinski definition) is 0. The lowest BCUT2D eigenvalue weighted by molar-refractivity contribution is 1.44. The zero-order chi connectivity index (χ0) is 24.7. The zero-order valence-electron chi connectivity index (χ0n) is 22.6. The van der Waals surface area contributed by atoms with Crippen LogP contribution in [0.1, 0.15) is 33.4 Å². The molecule has 0 aromatic carbocycles. The molecule has 3 aromatic heterocycles. The van der Waals surface area contributed by atoms with Crippen LogP contribution in [0, 0.1) is 41.5 Å². The second-order valence-electron chi connectivity index (χ2n) is 11.8. The monoisotopic (exact) mass is 540 g/mol. The summed E-state index contributed by atoms with van der Waals surface area (Å²) in [5.41, 5.74) is 9.28.